The number of rotatable bonds is 6. The molecule has 9 heteroatoms. The summed E-state index contributed by atoms with van der Waals surface area (Å²) in [6.45, 7) is 5.80. The summed E-state index contributed by atoms with van der Waals surface area (Å²) in [7, 11) is 0. The number of carbonyl (C=O) groups excluding carboxylic acids is 1. The lowest BCUT2D eigenvalue weighted by Gasteiger charge is -2.18. The van der Waals surface area contributed by atoms with Crippen molar-refractivity contribution in [3.63, 3.8) is 0 Å². The second-order valence-corrected chi connectivity index (χ2v) is 9.69. The predicted molar refractivity (Wildman–Crippen MR) is 136 cm³/mol. The molecule has 0 aliphatic carbocycles. The van der Waals surface area contributed by atoms with Gasteiger partial charge in [0.25, 0.3) is 11.5 Å². The molecule has 1 aromatic carbocycles. The number of carbonyl (C=O) groups is 1. The third-order valence-corrected chi connectivity index (χ3v) is 6.68. The molecule has 7 nitrogen and oxygen atoms in total. The molecule has 4 rings (SSSR count). The first-order valence-corrected chi connectivity index (χ1v) is 11.8. The van der Waals surface area contributed by atoms with Gasteiger partial charge in [-0.15, -0.1) is 0 Å². The van der Waals surface area contributed by atoms with E-state index in [0.717, 1.165) is 11.1 Å². The number of amides is 1. The summed E-state index contributed by atoms with van der Waals surface area (Å²) in [6.07, 6.45) is 2.40. The molecule has 0 saturated carbocycles. The number of thiocarbonyl (C=S) groups is 1. The minimum Gasteiger partial charge on any atom is -0.387 e. The number of aromatic nitrogens is 2. The van der Waals surface area contributed by atoms with E-state index >= 15 is 0 Å². The van der Waals surface area contributed by atoms with Crippen LogP contribution >= 0.6 is 24.0 Å². The number of pyridine rings is 1. The highest BCUT2D eigenvalue weighted by Crippen LogP contribution is 2.34. The van der Waals surface area contributed by atoms with Crippen LogP contribution in [0.5, 0.6) is 0 Å². The summed E-state index contributed by atoms with van der Waals surface area (Å²) in [5.74, 6) is 0.0723. The standard InChI is InChI=1S/C24H24N4O3S2/c1-14(2)28-23(31)19(33-24(28)32)12-17-20(25-13-18(29)16-9-5-4-6-10-16)26-21-15(3)8-7-11-27(21)22(17)30/h4-12,14,18,25,29H,13H2,1-3H3. The van der Waals surface area contributed by atoms with Crippen molar-refractivity contribution in [1.29, 1.82) is 0 Å². The fraction of sp³-hybridized carbons (Fsp3) is 0.250. The van der Waals surface area contributed by atoms with E-state index in [1.54, 1.807) is 18.3 Å². The first-order chi connectivity index (χ1) is 15.8. The van der Waals surface area contributed by atoms with Gasteiger partial charge in [-0.2, -0.15) is 0 Å². The van der Waals surface area contributed by atoms with Crippen LogP contribution in [0.1, 0.15) is 36.6 Å². The highest BCUT2D eigenvalue weighted by molar-refractivity contribution is 8.26. The molecule has 1 saturated heterocycles. The maximum Gasteiger partial charge on any atom is 0.267 e. The molecule has 170 valence electrons. The summed E-state index contributed by atoms with van der Waals surface area (Å²) in [6, 6.07) is 12.8. The number of nitrogens with one attached hydrogen (secondary N) is 1. The minimum absolute atomic E-state index is 0.0829. The SMILES string of the molecule is Cc1cccn2c(=O)c(C=C3SC(=S)N(C(C)C)C3=O)c(NCC(O)c3ccccc3)nc12. The van der Waals surface area contributed by atoms with Gasteiger partial charge in [0.2, 0.25) is 0 Å². The Labute approximate surface area is 201 Å². The van der Waals surface area contributed by atoms with Crippen molar-refractivity contribution in [3.8, 4) is 0 Å². The van der Waals surface area contributed by atoms with Crippen molar-refractivity contribution >= 4 is 51.7 Å². The minimum atomic E-state index is -0.796. The fourth-order valence-electron chi connectivity index (χ4n) is 3.62. The molecule has 1 aliphatic heterocycles. The molecule has 2 aromatic heterocycles. The molecule has 0 bridgehead atoms. The molecule has 3 heterocycles. The van der Waals surface area contributed by atoms with Gasteiger partial charge >= 0.3 is 0 Å². The number of nitrogens with zero attached hydrogens (tertiary/aromatic N) is 3. The number of aliphatic hydroxyl groups is 1. The highest BCUT2D eigenvalue weighted by Gasteiger charge is 2.34. The van der Waals surface area contributed by atoms with Crippen LogP contribution in [-0.2, 0) is 4.79 Å². The maximum atomic E-state index is 13.4. The lowest BCUT2D eigenvalue weighted by Crippen LogP contribution is -2.34. The molecule has 0 radical (unpaired) electrons. The van der Waals surface area contributed by atoms with Crippen molar-refractivity contribution in [2.24, 2.45) is 0 Å². The number of thioether (sulfide) groups is 1. The van der Waals surface area contributed by atoms with Gasteiger partial charge in [0, 0.05) is 18.8 Å². The third kappa shape index (κ3) is 4.57. The molecular weight excluding hydrogens is 456 g/mol. The molecule has 3 aromatic rings. The van der Waals surface area contributed by atoms with Gasteiger partial charge in [-0.1, -0.05) is 60.4 Å². The zero-order valence-electron chi connectivity index (χ0n) is 18.5. The average Bonchev–Trinajstić information content (AvgIpc) is 3.08. The first-order valence-electron chi connectivity index (χ1n) is 10.5. The van der Waals surface area contributed by atoms with Gasteiger partial charge in [-0.3, -0.25) is 18.9 Å². The smallest absolute Gasteiger partial charge is 0.267 e. The molecule has 0 spiro atoms. The normalized spacial score (nSPS) is 16.3. The van der Waals surface area contributed by atoms with Crippen LogP contribution in [0.25, 0.3) is 11.7 Å². The predicted octanol–water partition coefficient (Wildman–Crippen LogP) is 3.76. The van der Waals surface area contributed by atoms with Crippen molar-refractivity contribution in [1.82, 2.24) is 14.3 Å². The molecule has 1 fully saturated rings. The van der Waals surface area contributed by atoms with Crippen LogP contribution in [0.15, 0.2) is 58.4 Å². The average molecular weight is 481 g/mol. The van der Waals surface area contributed by atoms with Crippen molar-refractivity contribution in [2.45, 2.75) is 32.9 Å². The summed E-state index contributed by atoms with van der Waals surface area (Å²) < 4.78 is 1.92. The summed E-state index contributed by atoms with van der Waals surface area (Å²) in [5, 5.41) is 13.7. The number of aliphatic hydroxyl groups excluding tert-OH is 1. The van der Waals surface area contributed by atoms with E-state index in [9.17, 15) is 14.7 Å². The van der Waals surface area contributed by atoms with Gasteiger partial charge in [-0.05, 0) is 44.0 Å². The molecule has 2 N–H and O–H groups in total. The van der Waals surface area contributed by atoms with Gasteiger partial charge < -0.3 is 10.4 Å². The van der Waals surface area contributed by atoms with Crippen molar-refractivity contribution < 1.29 is 9.90 Å². The summed E-state index contributed by atoms with van der Waals surface area (Å²) >= 11 is 6.53. The molecule has 1 atom stereocenters. The van der Waals surface area contributed by atoms with E-state index in [1.165, 1.54) is 21.1 Å². The van der Waals surface area contributed by atoms with Crippen LogP contribution in [-0.4, -0.2) is 42.2 Å². The Balaban J connectivity index is 1.78. The van der Waals surface area contributed by atoms with Crippen LogP contribution < -0.4 is 10.9 Å². The summed E-state index contributed by atoms with van der Waals surface area (Å²) in [5.41, 5.74) is 2.01. The maximum absolute atomic E-state index is 13.4. The lowest BCUT2D eigenvalue weighted by atomic mass is 10.1. The van der Waals surface area contributed by atoms with E-state index in [4.69, 9.17) is 12.2 Å². The molecule has 33 heavy (non-hydrogen) atoms. The Bertz CT molecular complexity index is 1320. The first kappa shape index (κ1) is 23.2. The quantitative estimate of drug-likeness (QED) is 0.410. The number of hydrogen-bond acceptors (Lipinski definition) is 7. The molecular formula is C24H24N4O3S2. The van der Waals surface area contributed by atoms with E-state index in [1.807, 2.05) is 57.2 Å². The molecule has 1 amide bonds. The largest absolute Gasteiger partial charge is 0.387 e. The molecule has 1 aliphatic rings. The van der Waals surface area contributed by atoms with E-state index in [0.29, 0.717) is 20.7 Å². The number of anilines is 1. The van der Waals surface area contributed by atoms with Gasteiger partial charge in [0.15, 0.2) is 0 Å². The van der Waals surface area contributed by atoms with Gasteiger partial charge in [0.05, 0.1) is 16.6 Å². The topological polar surface area (TPSA) is 86.9 Å². The Morgan fingerprint density at radius 2 is 1.91 bits per heavy atom. The summed E-state index contributed by atoms with van der Waals surface area (Å²) in [4.78, 5) is 32.9. The monoisotopic (exact) mass is 480 g/mol. The van der Waals surface area contributed by atoms with E-state index in [-0.39, 0.29) is 29.6 Å². The van der Waals surface area contributed by atoms with E-state index in [2.05, 4.69) is 10.3 Å². The highest BCUT2D eigenvalue weighted by atomic mass is 32.2. The Morgan fingerprint density at radius 1 is 1.18 bits per heavy atom. The van der Waals surface area contributed by atoms with Gasteiger partial charge in [0.1, 0.15) is 15.8 Å². The van der Waals surface area contributed by atoms with Crippen molar-refractivity contribution in [2.75, 3.05) is 11.9 Å². The van der Waals surface area contributed by atoms with Crippen LogP contribution in [0.2, 0.25) is 0 Å². The Hall–Kier alpha value is -3.01. The zero-order chi connectivity index (χ0) is 23.7. The number of benzene rings is 1. The van der Waals surface area contributed by atoms with Gasteiger partial charge in [-0.25, -0.2) is 4.98 Å². The van der Waals surface area contributed by atoms with Crippen molar-refractivity contribution in [3.05, 3.63) is 80.6 Å². The fourth-order valence-corrected chi connectivity index (χ4v) is 5.12. The Morgan fingerprint density at radius 3 is 2.58 bits per heavy atom. The van der Waals surface area contributed by atoms with Crippen LogP contribution in [0.3, 0.4) is 0 Å². The van der Waals surface area contributed by atoms with Crippen LogP contribution in [0, 0.1) is 6.92 Å². The second kappa shape index (κ2) is 9.46. The lowest BCUT2D eigenvalue weighted by molar-refractivity contribution is -0.123. The molecule has 1 unspecified atom stereocenters. The number of fused-ring (bicyclic) bond motifs is 1. The second-order valence-electron chi connectivity index (χ2n) is 8.02. The van der Waals surface area contributed by atoms with E-state index < -0.39 is 6.10 Å². The third-order valence-electron chi connectivity index (χ3n) is 5.35. The number of hydrogen-bond donors (Lipinski definition) is 2. The Kier molecular flexibility index (Phi) is 6.64. The number of aryl methyl sites for hydroxylation is 1. The zero-order valence-corrected chi connectivity index (χ0v) is 20.1. The van der Waals surface area contributed by atoms with Crippen LogP contribution in [0.4, 0.5) is 5.82 Å².